The fourth-order valence-electron chi connectivity index (χ4n) is 2.49. The Balaban J connectivity index is 2.21. The standard InChI is InChI=1S/C10H10F2N2/c11-9-7-2-1-6(14-7)5-3-4-13-10(12)8(5)9/h3-4,6-7,9,14H,1-2H2/t6-,7+,9-/m1/s1. The van der Waals surface area contributed by atoms with Gasteiger partial charge in [0.05, 0.1) is 0 Å². The highest BCUT2D eigenvalue weighted by Gasteiger charge is 2.41. The third-order valence-corrected chi connectivity index (χ3v) is 3.16. The molecule has 1 saturated heterocycles. The second kappa shape index (κ2) is 2.73. The molecule has 2 nitrogen and oxygen atoms in total. The van der Waals surface area contributed by atoms with Gasteiger partial charge < -0.3 is 5.32 Å². The number of nitrogens with zero attached hydrogens (tertiary/aromatic N) is 1. The van der Waals surface area contributed by atoms with E-state index < -0.39 is 12.1 Å². The Bertz CT molecular complexity index is 380. The molecule has 1 aromatic rings. The van der Waals surface area contributed by atoms with Crippen LogP contribution in [0.15, 0.2) is 12.3 Å². The summed E-state index contributed by atoms with van der Waals surface area (Å²) in [5.74, 6) is -0.645. The zero-order valence-electron chi connectivity index (χ0n) is 7.50. The SMILES string of the molecule is Fc1nccc2c1[C@H](F)[C@@H]1CC[C@H]2N1. The van der Waals surface area contributed by atoms with E-state index in [9.17, 15) is 8.78 Å². The average Bonchev–Trinajstić information content (AvgIpc) is 2.60. The van der Waals surface area contributed by atoms with Gasteiger partial charge in [-0.3, -0.25) is 0 Å². The lowest BCUT2D eigenvalue weighted by molar-refractivity contribution is 0.241. The number of halogens is 2. The molecule has 74 valence electrons. The molecule has 0 aliphatic carbocycles. The number of alkyl halides is 1. The summed E-state index contributed by atoms with van der Waals surface area (Å²) in [5, 5.41) is 3.15. The largest absolute Gasteiger partial charge is 0.304 e. The molecule has 1 N–H and O–H groups in total. The van der Waals surface area contributed by atoms with Crippen LogP contribution in [0.1, 0.15) is 36.2 Å². The molecule has 0 aromatic carbocycles. The topological polar surface area (TPSA) is 24.9 Å². The smallest absolute Gasteiger partial charge is 0.219 e. The Morgan fingerprint density at radius 2 is 2.29 bits per heavy atom. The maximum atomic E-state index is 13.8. The van der Waals surface area contributed by atoms with Gasteiger partial charge in [-0.15, -0.1) is 0 Å². The average molecular weight is 196 g/mol. The highest BCUT2D eigenvalue weighted by Crippen LogP contribution is 2.43. The van der Waals surface area contributed by atoms with Crippen molar-refractivity contribution < 1.29 is 8.78 Å². The van der Waals surface area contributed by atoms with E-state index in [4.69, 9.17) is 0 Å². The van der Waals surface area contributed by atoms with Crippen LogP contribution in [0.25, 0.3) is 0 Å². The van der Waals surface area contributed by atoms with Gasteiger partial charge in [0.2, 0.25) is 5.95 Å². The van der Waals surface area contributed by atoms with Gasteiger partial charge in [0.1, 0.15) is 6.17 Å². The van der Waals surface area contributed by atoms with Crippen LogP contribution >= 0.6 is 0 Å². The van der Waals surface area contributed by atoms with Gasteiger partial charge in [0.15, 0.2) is 0 Å². The number of aromatic nitrogens is 1. The van der Waals surface area contributed by atoms with Gasteiger partial charge in [-0.2, -0.15) is 4.39 Å². The lowest BCUT2D eigenvalue weighted by Crippen LogP contribution is -2.34. The number of rotatable bonds is 0. The molecule has 1 aromatic heterocycles. The lowest BCUT2D eigenvalue weighted by atomic mass is 9.95. The molecule has 0 spiro atoms. The number of hydrogen-bond acceptors (Lipinski definition) is 2. The van der Waals surface area contributed by atoms with Crippen molar-refractivity contribution in [2.24, 2.45) is 0 Å². The van der Waals surface area contributed by atoms with Crippen LogP contribution in [0, 0.1) is 5.95 Å². The Labute approximate surface area is 80.3 Å². The summed E-state index contributed by atoms with van der Waals surface area (Å²) < 4.78 is 27.1. The van der Waals surface area contributed by atoms with E-state index >= 15 is 0 Å². The summed E-state index contributed by atoms with van der Waals surface area (Å²) in [5.41, 5.74) is 0.928. The molecular formula is C10H10F2N2. The fourth-order valence-corrected chi connectivity index (χ4v) is 2.49. The van der Waals surface area contributed by atoms with Crippen molar-refractivity contribution in [3.05, 3.63) is 29.3 Å². The number of pyridine rings is 1. The molecule has 2 bridgehead atoms. The second-order valence-electron chi connectivity index (χ2n) is 3.91. The predicted octanol–water partition coefficient (Wildman–Crippen LogP) is 2.04. The van der Waals surface area contributed by atoms with E-state index in [2.05, 4.69) is 10.3 Å². The third kappa shape index (κ3) is 0.945. The normalized spacial score (nSPS) is 34.3. The molecule has 2 aliphatic heterocycles. The summed E-state index contributed by atoms with van der Waals surface area (Å²) in [6.45, 7) is 0. The zero-order valence-corrected chi connectivity index (χ0v) is 7.50. The van der Waals surface area contributed by atoms with Crippen molar-refractivity contribution in [3.63, 3.8) is 0 Å². The van der Waals surface area contributed by atoms with Crippen LogP contribution in [0.5, 0.6) is 0 Å². The molecule has 0 saturated carbocycles. The third-order valence-electron chi connectivity index (χ3n) is 3.16. The molecule has 3 heterocycles. The Morgan fingerprint density at radius 3 is 3.14 bits per heavy atom. The summed E-state index contributed by atoms with van der Waals surface area (Å²) in [4.78, 5) is 3.51. The molecule has 0 radical (unpaired) electrons. The van der Waals surface area contributed by atoms with Gasteiger partial charge >= 0.3 is 0 Å². The van der Waals surface area contributed by atoms with E-state index in [0.29, 0.717) is 0 Å². The maximum absolute atomic E-state index is 13.8. The van der Waals surface area contributed by atoms with Crippen molar-refractivity contribution in [2.45, 2.75) is 31.1 Å². The predicted molar refractivity (Wildman–Crippen MR) is 46.9 cm³/mol. The lowest BCUT2D eigenvalue weighted by Gasteiger charge is -2.27. The molecular weight excluding hydrogens is 186 g/mol. The summed E-state index contributed by atoms with van der Waals surface area (Å²) in [6, 6.07) is 1.62. The van der Waals surface area contributed by atoms with Crippen LogP contribution < -0.4 is 5.32 Å². The summed E-state index contributed by atoms with van der Waals surface area (Å²) in [7, 11) is 0. The Hall–Kier alpha value is -1.03. The highest BCUT2D eigenvalue weighted by atomic mass is 19.1. The minimum atomic E-state index is -1.24. The summed E-state index contributed by atoms with van der Waals surface area (Å²) in [6.07, 6.45) is 1.83. The van der Waals surface area contributed by atoms with Crippen molar-refractivity contribution in [1.82, 2.24) is 10.3 Å². The van der Waals surface area contributed by atoms with E-state index in [1.165, 1.54) is 6.20 Å². The van der Waals surface area contributed by atoms with Crippen LogP contribution in [0.3, 0.4) is 0 Å². The summed E-state index contributed by atoms with van der Waals surface area (Å²) >= 11 is 0. The molecule has 2 aliphatic rings. The second-order valence-corrected chi connectivity index (χ2v) is 3.91. The van der Waals surface area contributed by atoms with Crippen molar-refractivity contribution in [2.75, 3.05) is 0 Å². The van der Waals surface area contributed by atoms with Gasteiger partial charge in [-0.25, -0.2) is 9.37 Å². The van der Waals surface area contributed by atoms with Crippen LogP contribution in [-0.2, 0) is 0 Å². The minimum Gasteiger partial charge on any atom is -0.304 e. The first kappa shape index (κ1) is 8.29. The molecule has 3 atom stereocenters. The zero-order chi connectivity index (χ0) is 9.71. The molecule has 0 amide bonds. The van der Waals surface area contributed by atoms with E-state index in [1.54, 1.807) is 6.07 Å². The van der Waals surface area contributed by atoms with E-state index in [-0.39, 0.29) is 17.6 Å². The maximum Gasteiger partial charge on any atom is 0.219 e. The highest BCUT2D eigenvalue weighted by molar-refractivity contribution is 5.35. The first-order chi connectivity index (χ1) is 6.77. The van der Waals surface area contributed by atoms with Crippen LogP contribution in [0.4, 0.5) is 8.78 Å². The molecule has 0 unspecified atom stereocenters. The quantitative estimate of drug-likeness (QED) is 0.642. The first-order valence-corrected chi connectivity index (χ1v) is 4.82. The molecule has 4 heteroatoms. The van der Waals surface area contributed by atoms with Crippen molar-refractivity contribution in [3.8, 4) is 0 Å². The Kier molecular flexibility index (Phi) is 1.62. The molecule has 14 heavy (non-hydrogen) atoms. The van der Waals surface area contributed by atoms with Crippen molar-refractivity contribution in [1.29, 1.82) is 0 Å². The van der Waals surface area contributed by atoms with Crippen LogP contribution in [0.2, 0.25) is 0 Å². The number of hydrogen-bond donors (Lipinski definition) is 1. The molecule has 1 fully saturated rings. The van der Waals surface area contributed by atoms with Gasteiger partial charge in [0, 0.05) is 23.8 Å². The number of nitrogens with one attached hydrogen (secondary N) is 1. The monoisotopic (exact) mass is 196 g/mol. The van der Waals surface area contributed by atoms with Crippen molar-refractivity contribution >= 4 is 0 Å². The first-order valence-electron chi connectivity index (χ1n) is 4.82. The van der Waals surface area contributed by atoms with Gasteiger partial charge in [-0.05, 0) is 24.5 Å². The van der Waals surface area contributed by atoms with Crippen LogP contribution in [-0.4, -0.2) is 11.0 Å². The molecule has 3 rings (SSSR count). The fraction of sp³-hybridized carbons (Fsp3) is 0.500. The Morgan fingerprint density at radius 1 is 1.43 bits per heavy atom. The minimum absolute atomic E-state index is 0.125. The number of fused-ring (bicyclic) bond motifs is 4. The van der Waals surface area contributed by atoms with Gasteiger partial charge in [-0.1, -0.05) is 0 Å². The van der Waals surface area contributed by atoms with E-state index in [1.807, 2.05) is 0 Å². The van der Waals surface area contributed by atoms with E-state index in [0.717, 1.165) is 18.4 Å². The van der Waals surface area contributed by atoms with Gasteiger partial charge in [0.25, 0.3) is 0 Å².